The number of hydrogen-bond donors (Lipinski definition) is 0. The van der Waals surface area contributed by atoms with E-state index in [1.54, 1.807) is 72.8 Å². The van der Waals surface area contributed by atoms with Gasteiger partial charge in [0.15, 0.2) is 0 Å². The zero-order valence-electron chi connectivity index (χ0n) is 12.7. The minimum atomic E-state index is -3.89. The summed E-state index contributed by atoms with van der Waals surface area (Å²) in [5.74, 6) is 1.22. The highest BCUT2D eigenvalue weighted by atomic mass is 31.2. The first-order valence-corrected chi connectivity index (χ1v) is 8.54. The number of para-hydroxylation sites is 3. The van der Waals surface area contributed by atoms with E-state index in [0.29, 0.717) is 17.2 Å². The number of phosphoric acid groups is 1. The fourth-order valence-electron chi connectivity index (χ4n) is 1.89. The average molecular weight is 343 g/mol. The second-order valence-electron chi connectivity index (χ2n) is 4.66. The van der Waals surface area contributed by atoms with Crippen LogP contribution >= 0.6 is 7.82 Å². The summed E-state index contributed by atoms with van der Waals surface area (Å²) in [4.78, 5) is 0. The summed E-state index contributed by atoms with van der Waals surface area (Å²) in [6, 6.07) is 26.4. The van der Waals surface area contributed by atoms with Gasteiger partial charge in [-0.05, 0) is 36.4 Å². The normalized spacial score (nSPS) is 10.3. The molecule has 0 saturated heterocycles. The molecular formula is C18H16O5P-. The fraction of sp³-hybridized carbons (Fsp3) is 0. The second kappa shape index (κ2) is 8.20. The Morgan fingerprint density at radius 1 is 0.500 bits per heavy atom. The van der Waals surface area contributed by atoms with Gasteiger partial charge in [0.1, 0.15) is 17.2 Å². The van der Waals surface area contributed by atoms with E-state index < -0.39 is 7.82 Å². The molecule has 0 atom stereocenters. The third-order valence-corrected chi connectivity index (χ3v) is 4.18. The smallest absolute Gasteiger partial charge is 0.647 e. The Labute approximate surface area is 140 Å². The standard InChI is InChI=1S/C18H15O4P.H2O/c19-23(20-16-10-4-1-5-11-16,21-17-12-6-2-7-13-17)22-18-14-8-3-9-15-18;/h1-15H;1H2/p-1. The van der Waals surface area contributed by atoms with Crippen LogP contribution in [0.5, 0.6) is 17.2 Å². The maximum Gasteiger partial charge on any atom is 0.647 e. The lowest BCUT2D eigenvalue weighted by Crippen LogP contribution is -2.07. The van der Waals surface area contributed by atoms with E-state index in [9.17, 15) is 4.57 Å². The van der Waals surface area contributed by atoms with Gasteiger partial charge in [0.25, 0.3) is 0 Å². The number of rotatable bonds is 6. The van der Waals surface area contributed by atoms with Crippen LogP contribution in [0.2, 0.25) is 0 Å². The van der Waals surface area contributed by atoms with Crippen LogP contribution in [0.15, 0.2) is 91.0 Å². The third-order valence-electron chi connectivity index (χ3n) is 2.88. The van der Waals surface area contributed by atoms with Crippen molar-refractivity contribution in [3.63, 3.8) is 0 Å². The monoisotopic (exact) mass is 343 g/mol. The molecule has 0 aliphatic rings. The van der Waals surface area contributed by atoms with Gasteiger partial charge >= 0.3 is 7.82 Å². The van der Waals surface area contributed by atoms with Gasteiger partial charge in [0.05, 0.1) is 0 Å². The van der Waals surface area contributed by atoms with Gasteiger partial charge in [-0.2, -0.15) is 4.57 Å². The molecule has 124 valence electrons. The highest BCUT2D eigenvalue weighted by molar-refractivity contribution is 7.49. The minimum absolute atomic E-state index is 0. The molecule has 0 saturated carbocycles. The molecule has 0 bridgehead atoms. The van der Waals surface area contributed by atoms with Crippen molar-refractivity contribution in [1.82, 2.24) is 0 Å². The zero-order valence-corrected chi connectivity index (χ0v) is 13.6. The molecule has 3 rings (SSSR count). The van der Waals surface area contributed by atoms with Crippen molar-refractivity contribution in [2.45, 2.75) is 0 Å². The van der Waals surface area contributed by atoms with Crippen molar-refractivity contribution < 1.29 is 23.6 Å². The molecule has 5 nitrogen and oxygen atoms in total. The van der Waals surface area contributed by atoms with Crippen LogP contribution in [0.4, 0.5) is 0 Å². The summed E-state index contributed by atoms with van der Waals surface area (Å²) in [5.41, 5.74) is 0. The molecule has 0 heterocycles. The Morgan fingerprint density at radius 3 is 1.00 bits per heavy atom. The van der Waals surface area contributed by atoms with Crippen molar-refractivity contribution in [3.05, 3.63) is 91.0 Å². The van der Waals surface area contributed by atoms with Crippen molar-refractivity contribution in [1.29, 1.82) is 0 Å². The first kappa shape index (κ1) is 17.6. The lowest BCUT2D eigenvalue weighted by molar-refractivity contribution is 0.298. The summed E-state index contributed by atoms with van der Waals surface area (Å²) in [6.07, 6.45) is 0. The molecule has 0 aromatic heterocycles. The Balaban J connectivity index is 0.00000208. The molecular weight excluding hydrogens is 327 g/mol. The van der Waals surface area contributed by atoms with E-state index >= 15 is 0 Å². The molecule has 0 fully saturated rings. The molecule has 24 heavy (non-hydrogen) atoms. The van der Waals surface area contributed by atoms with Crippen LogP contribution in [-0.4, -0.2) is 5.48 Å². The van der Waals surface area contributed by atoms with Crippen molar-refractivity contribution >= 4 is 7.82 Å². The van der Waals surface area contributed by atoms with Crippen LogP contribution in [0.3, 0.4) is 0 Å². The Morgan fingerprint density at radius 2 is 0.750 bits per heavy atom. The van der Waals surface area contributed by atoms with Crippen molar-refractivity contribution in [3.8, 4) is 17.2 Å². The molecule has 3 aromatic rings. The maximum absolute atomic E-state index is 13.1. The first-order valence-electron chi connectivity index (χ1n) is 7.07. The maximum atomic E-state index is 13.1. The predicted octanol–water partition coefficient (Wildman–Crippen LogP) is 5.15. The van der Waals surface area contributed by atoms with Crippen LogP contribution in [0.25, 0.3) is 0 Å². The molecule has 0 spiro atoms. The Kier molecular flexibility index (Phi) is 6.01. The topological polar surface area (TPSA) is 74.8 Å². The SMILES string of the molecule is O=P(Oc1ccccc1)(Oc1ccccc1)Oc1ccccc1.[OH-]. The summed E-state index contributed by atoms with van der Waals surface area (Å²) < 4.78 is 29.6. The molecule has 3 aromatic carbocycles. The first-order chi connectivity index (χ1) is 11.2. The van der Waals surface area contributed by atoms with Gasteiger partial charge in [-0.3, -0.25) is 0 Å². The molecule has 0 aliphatic carbocycles. The number of benzene rings is 3. The van der Waals surface area contributed by atoms with E-state index in [1.165, 1.54) is 0 Å². The zero-order chi connectivity index (χ0) is 16.0. The van der Waals surface area contributed by atoms with Crippen LogP contribution in [0.1, 0.15) is 0 Å². The van der Waals surface area contributed by atoms with E-state index in [2.05, 4.69) is 0 Å². The van der Waals surface area contributed by atoms with Crippen LogP contribution in [-0.2, 0) is 4.57 Å². The molecule has 1 N–H and O–H groups in total. The minimum Gasteiger partial charge on any atom is -0.870 e. The third kappa shape index (κ3) is 4.88. The Bertz CT molecular complexity index is 670. The lowest BCUT2D eigenvalue weighted by atomic mass is 10.3. The molecule has 0 amide bonds. The Hall–Kier alpha value is -2.75. The second-order valence-corrected chi connectivity index (χ2v) is 6.10. The van der Waals surface area contributed by atoms with E-state index in [4.69, 9.17) is 13.6 Å². The molecule has 0 unspecified atom stereocenters. The average Bonchev–Trinajstić information content (AvgIpc) is 2.57. The quantitative estimate of drug-likeness (QED) is 0.578. The predicted molar refractivity (Wildman–Crippen MR) is 90.8 cm³/mol. The summed E-state index contributed by atoms with van der Waals surface area (Å²) in [7, 11) is -3.89. The van der Waals surface area contributed by atoms with Gasteiger partial charge in [0.2, 0.25) is 0 Å². The van der Waals surface area contributed by atoms with Gasteiger partial charge < -0.3 is 19.0 Å². The summed E-state index contributed by atoms with van der Waals surface area (Å²) >= 11 is 0. The summed E-state index contributed by atoms with van der Waals surface area (Å²) in [6.45, 7) is 0. The van der Waals surface area contributed by atoms with Gasteiger partial charge in [-0.1, -0.05) is 54.6 Å². The van der Waals surface area contributed by atoms with Crippen LogP contribution in [0, 0.1) is 0 Å². The number of phosphoric ester groups is 1. The largest absolute Gasteiger partial charge is 0.870 e. The highest BCUT2D eigenvalue weighted by Crippen LogP contribution is 2.49. The fourth-order valence-corrected chi connectivity index (χ4v) is 3.14. The van der Waals surface area contributed by atoms with Crippen LogP contribution < -0.4 is 13.6 Å². The van der Waals surface area contributed by atoms with E-state index in [1.807, 2.05) is 18.2 Å². The van der Waals surface area contributed by atoms with E-state index in [-0.39, 0.29) is 5.48 Å². The lowest BCUT2D eigenvalue weighted by Gasteiger charge is -2.19. The van der Waals surface area contributed by atoms with Gasteiger partial charge in [-0.25, -0.2) is 0 Å². The number of hydrogen-bond acceptors (Lipinski definition) is 5. The highest BCUT2D eigenvalue weighted by Gasteiger charge is 2.33. The summed E-state index contributed by atoms with van der Waals surface area (Å²) in [5, 5.41) is 0. The molecule has 0 aliphatic heterocycles. The van der Waals surface area contributed by atoms with Crippen molar-refractivity contribution in [2.75, 3.05) is 0 Å². The van der Waals surface area contributed by atoms with Gasteiger partial charge in [0, 0.05) is 0 Å². The van der Waals surface area contributed by atoms with Crippen molar-refractivity contribution in [2.24, 2.45) is 0 Å². The van der Waals surface area contributed by atoms with Gasteiger partial charge in [-0.15, -0.1) is 0 Å². The van der Waals surface area contributed by atoms with E-state index in [0.717, 1.165) is 0 Å². The molecule has 0 radical (unpaired) electrons. The molecule has 6 heteroatoms.